The summed E-state index contributed by atoms with van der Waals surface area (Å²) in [5.41, 5.74) is 8.77. The Morgan fingerprint density at radius 1 is 1.38 bits per heavy atom. The lowest BCUT2D eigenvalue weighted by atomic mass is 10.2. The molecule has 0 aliphatic heterocycles. The number of aromatic nitrogens is 1. The predicted octanol–water partition coefficient (Wildman–Crippen LogP) is 2.95. The molecule has 2 aromatic rings. The van der Waals surface area contributed by atoms with Crippen molar-refractivity contribution in [3.8, 4) is 0 Å². The maximum Gasteiger partial charge on any atom is 0.112 e. The van der Waals surface area contributed by atoms with Crippen LogP contribution >= 0.6 is 11.3 Å². The molecule has 0 fully saturated rings. The molecule has 0 aliphatic rings. The number of hydrogen-bond acceptors (Lipinski definition) is 4. The van der Waals surface area contributed by atoms with E-state index in [1.54, 1.807) is 11.3 Å². The summed E-state index contributed by atoms with van der Waals surface area (Å²) in [5, 5.41) is 4.44. The Morgan fingerprint density at radius 3 is 2.81 bits per heavy atom. The van der Waals surface area contributed by atoms with Gasteiger partial charge in [-0.05, 0) is 37.6 Å². The second-order valence-corrected chi connectivity index (χ2v) is 5.11. The molecular weight excluding hydrogens is 218 g/mol. The fraction of sp³-hybridized carbons (Fsp3) is 0.250. The number of hydrogen-bond donors (Lipinski definition) is 2. The number of nitrogens with one attached hydrogen (secondary N) is 1. The summed E-state index contributed by atoms with van der Waals surface area (Å²) in [7, 11) is 0. The Labute approximate surface area is 99.3 Å². The van der Waals surface area contributed by atoms with Crippen LogP contribution in [0.4, 0.5) is 11.4 Å². The Kier molecular flexibility index (Phi) is 3.10. The lowest BCUT2D eigenvalue weighted by Crippen LogP contribution is -1.99. The minimum absolute atomic E-state index is 0.766. The van der Waals surface area contributed by atoms with Gasteiger partial charge in [-0.15, -0.1) is 11.3 Å². The van der Waals surface area contributed by atoms with Crippen molar-refractivity contribution in [3.63, 3.8) is 0 Å². The zero-order valence-electron chi connectivity index (χ0n) is 9.45. The normalized spacial score (nSPS) is 10.4. The highest BCUT2D eigenvalue weighted by Crippen LogP contribution is 2.18. The van der Waals surface area contributed by atoms with Crippen LogP contribution in [0.15, 0.2) is 24.4 Å². The minimum atomic E-state index is 0.766. The molecule has 4 heteroatoms. The van der Waals surface area contributed by atoms with Crippen molar-refractivity contribution >= 4 is 22.7 Å². The molecule has 0 atom stereocenters. The van der Waals surface area contributed by atoms with Gasteiger partial charge in [0.1, 0.15) is 5.01 Å². The van der Waals surface area contributed by atoms with E-state index in [9.17, 15) is 0 Å². The van der Waals surface area contributed by atoms with E-state index in [1.165, 1.54) is 4.88 Å². The summed E-state index contributed by atoms with van der Waals surface area (Å²) in [5.74, 6) is 0. The summed E-state index contributed by atoms with van der Waals surface area (Å²) in [6.45, 7) is 4.84. The number of benzene rings is 1. The molecule has 1 aromatic carbocycles. The maximum absolute atomic E-state index is 5.76. The van der Waals surface area contributed by atoms with Crippen LogP contribution < -0.4 is 11.1 Å². The van der Waals surface area contributed by atoms with E-state index < -0.39 is 0 Å². The fourth-order valence-electron chi connectivity index (χ4n) is 1.45. The standard InChI is InChI=1S/C12H15N3S/c1-8-5-10(3-4-11(8)13)14-7-12-15-6-9(2)16-12/h3-6,14H,7,13H2,1-2H3. The monoisotopic (exact) mass is 233 g/mol. The zero-order chi connectivity index (χ0) is 11.5. The zero-order valence-corrected chi connectivity index (χ0v) is 10.3. The molecule has 84 valence electrons. The van der Waals surface area contributed by atoms with Crippen molar-refractivity contribution in [1.82, 2.24) is 4.98 Å². The lowest BCUT2D eigenvalue weighted by Gasteiger charge is -2.06. The van der Waals surface area contributed by atoms with Gasteiger partial charge in [-0.2, -0.15) is 0 Å². The summed E-state index contributed by atoms with van der Waals surface area (Å²) in [6.07, 6.45) is 1.90. The minimum Gasteiger partial charge on any atom is -0.399 e. The largest absolute Gasteiger partial charge is 0.399 e. The highest BCUT2D eigenvalue weighted by molar-refractivity contribution is 7.11. The first-order chi connectivity index (χ1) is 7.65. The summed E-state index contributed by atoms with van der Waals surface area (Å²) in [6, 6.07) is 5.96. The topological polar surface area (TPSA) is 50.9 Å². The van der Waals surface area contributed by atoms with Crippen molar-refractivity contribution in [2.45, 2.75) is 20.4 Å². The van der Waals surface area contributed by atoms with E-state index >= 15 is 0 Å². The first kappa shape index (κ1) is 11.0. The highest BCUT2D eigenvalue weighted by atomic mass is 32.1. The number of aryl methyl sites for hydroxylation is 2. The third-order valence-electron chi connectivity index (χ3n) is 2.38. The molecule has 0 bridgehead atoms. The molecule has 0 radical (unpaired) electrons. The highest BCUT2D eigenvalue weighted by Gasteiger charge is 2.00. The van der Waals surface area contributed by atoms with Crippen LogP contribution in [0.5, 0.6) is 0 Å². The van der Waals surface area contributed by atoms with Crippen LogP contribution in [-0.2, 0) is 6.54 Å². The van der Waals surface area contributed by atoms with E-state index in [0.717, 1.165) is 28.5 Å². The van der Waals surface area contributed by atoms with Crippen molar-refractivity contribution < 1.29 is 0 Å². The van der Waals surface area contributed by atoms with Crippen LogP contribution in [0.3, 0.4) is 0 Å². The van der Waals surface area contributed by atoms with Gasteiger partial charge in [-0.3, -0.25) is 0 Å². The summed E-state index contributed by atoms with van der Waals surface area (Å²) >= 11 is 1.72. The molecule has 0 saturated heterocycles. The van der Waals surface area contributed by atoms with Gasteiger partial charge < -0.3 is 11.1 Å². The quantitative estimate of drug-likeness (QED) is 0.801. The Morgan fingerprint density at radius 2 is 2.19 bits per heavy atom. The van der Waals surface area contributed by atoms with E-state index in [4.69, 9.17) is 5.73 Å². The number of anilines is 2. The van der Waals surface area contributed by atoms with Crippen molar-refractivity contribution in [1.29, 1.82) is 0 Å². The number of rotatable bonds is 3. The molecule has 16 heavy (non-hydrogen) atoms. The maximum atomic E-state index is 5.76. The molecule has 1 heterocycles. The average molecular weight is 233 g/mol. The van der Waals surface area contributed by atoms with Crippen LogP contribution in [0.1, 0.15) is 15.4 Å². The van der Waals surface area contributed by atoms with Gasteiger partial charge in [0, 0.05) is 22.4 Å². The molecule has 0 aliphatic carbocycles. The summed E-state index contributed by atoms with van der Waals surface area (Å²) in [4.78, 5) is 5.54. The van der Waals surface area contributed by atoms with Crippen LogP contribution in [0.2, 0.25) is 0 Å². The first-order valence-corrected chi connectivity index (χ1v) is 5.98. The molecule has 1 aromatic heterocycles. The van der Waals surface area contributed by atoms with E-state index in [-0.39, 0.29) is 0 Å². The number of thiazole rings is 1. The van der Waals surface area contributed by atoms with Crippen molar-refractivity contribution in [2.24, 2.45) is 0 Å². The van der Waals surface area contributed by atoms with Crippen molar-refractivity contribution in [2.75, 3.05) is 11.1 Å². The SMILES string of the molecule is Cc1cnc(CNc2ccc(N)c(C)c2)s1. The number of nitrogen functional groups attached to an aromatic ring is 1. The van der Waals surface area contributed by atoms with Gasteiger partial charge in [-0.25, -0.2) is 4.98 Å². The molecule has 0 saturated carbocycles. The third kappa shape index (κ3) is 2.52. The third-order valence-corrected chi connectivity index (χ3v) is 3.30. The van der Waals surface area contributed by atoms with Crippen LogP contribution in [-0.4, -0.2) is 4.98 Å². The number of nitrogens with two attached hydrogens (primary N) is 1. The fourth-order valence-corrected chi connectivity index (χ4v) is 2.17. The van der Waals surface area contributed by atoms with Gasteiger partial charge in [0.2, 0.25) is 0 Å². The molecule has 0 amide bonds. The molecule has 2 rings (SSSR count). The molecular formula is C12H15N3S. The molecule has 0 unspecified atom stereocenters. The Balaban J connectivity index is 2.02. The van der Waals surface area contributed by atoms with Crippen LogP contribution in [0, 0.1) is 13.8 Å². The lowest BCUT2D eigenvalue weighted by molar-refractivity contribution is 1.10. The van der Waals surface area contributed by atoms with Crippen molar-refractivity contribution in [3.05, 3.63) is 39.8 Å². The Bertz CT molecular complexity index is 491. The van der Waals surface area contributed by atoms with E-state index in [1.807, 2.05) is 25.3 Å². The number of nitrogens with zero attached hydrogens (tertiary/aromatic N) is 1. The smallest absolute Gasteiger partial charge is 0.112 e. The van der Waals surface area contributed by atoms with Gasteiger partial charge in [0.15, 0.2) is 0 Å². The van der Waals surface area contributed by atoms with Gasteiger partial charge in [-0.1, -0.05) is 0 Å². The van der Waals surface area contributed by atoms with Gasteiger partial charge >= 0.3 is 0 Å². The Hall–Kier alpha value is -1.55. The second-order valence-electron chi connectivity index (χ2n) is 3.79. The van der Waals surface area contributed by atoms with Crippen LogP contribution in [0.25, 0.3) is 0 Å². The van der Waals surface area contributed by atoms with Gasteiger partial charge in [0.05, 0.1) is 6.54 Å². The molecule has 0 spiro atoms. The van der Waals surface area contributed by atoms with E-state index in [0.29, 0.717) is 0 Å². The predicted molar refractivity (Wildman–Crippen MR) is 69.8 cm³/mol. The molecule has 3 nitrogen and oxygen atoms in total. The average Bonchev–Trinajstić information content (AvgIpc) is 2.66. The summed E-state index contributed by atoms with van der Waals surface area (Å²) < 4.78 is 0. The second kappa shape index (κ2) is 4.53. The first-order valence-electron chi connectivity index (χ1n) is 5.16. The molecule has 3 N–H and O–H groups in total. The van der Waals surface area contributed by atoms with Gasteiger partial charge in [0.25, 0.3) is 0 Å². The van der Waals surface area contributed by atoms with E-state index in [2.05, 4.69) is 23.3 Å².